The van der Waals surface area contributed by atoms with Crippen LogP contribution in [-0.4, -0.2) is 58.0 Å². The van der Waals surface area contributed by atoms with Crippen molar-refractivity contribution in [1.82, 2.24) is 19.8 Å². The molecule has 2 saturated heterocycles. The van der Waals surface area contributed by atoms with Crippen molar-refractivity contribution in [3.8, 4) is 0 Å². The van der Waals surface area contributed by atoms with Crippen LogP contribution in [0.3, 0.4) is 0 Å². The molecular formula is C23H34N4O3. The lowest BCUT2D eigenvalue weighted by atomic mass is 9.88. The summed E-state index contributed by atoms with van der Waals surface area (Å²) in [6.07, 6.45) is 10.4. The predicted molar refractivity (Wildman–Crippen MR) is 113 cm³/mol. The number of hydrogen-bond acceptors (Lipinski definition) is 5. The molecule has 4 aliphatic rings. The zero-order valence-electron chi connectivity index (χ0n) is 17.9. The summed E-state index contributed by atoms with van der Waals surface area (Å²) in [4.78, 5) is 38.6. The lowest BCUT2D eigenvalue weighted by molar-refractivity contribution is -0.137. The highest BCUT2D eigenvalue weighted by atomic mass is 16.5. The summed E-state index contributed by atoms with van der Waals surface area (Å²) < 4.78 is 5.49. The quantitative estimate of drug-likeness (QED) is 0.822. The topological polar surface area (TPSA) is 78.5 Å². The Balaban J connectivity index is 1.34. The maximum atomic E-state index is 13.2. The smallest absolute Gasteiger partial charge is 0.255 e. The Hall–Kier alpha value is -1.73. The molecule has 1 aromatic rings. The number of aromatic amines is 1. The fourth-order valence-corrected chi connectivity index (χ4v) is 5.88. The van der Waals surface area contributed by atoms with Gasteiger partial charge in [-0.25, -0.2) is 4.98 Å². The number of nitrogens with one attached hydrogen (secondary N) is 1. The van der Waals surface area contributed by atoms with Crippen LogP contribution in [-0.2, 0) is 22.5 Å². The molecule has 30 heavy (non-hydrogen) atoms. The lowest BCUT2D eigenvalue weighted by Crippen LogP contribution is -2.45. The Labute approximate surface area is 178 Å². The molecule has 1 saturated carbocycles. The number of ether oxygens (including phenoxy) is 1. The minimum absolute atomic E-state index is 0.0104. The summed E-state index contributed by atoms with van der Waals surface area (Å²) in [5, 5.41) is 0. The highest BCUT2D eigenvalue weighted by Gasteiger charge is 2.36. The molecule has 3 aliphatic heterocycles. The molecule has 0 bridgehead atoms. The van der Waals surface area contributed by atoms with Gasteiger partial charge in [-0.3, -0.25) is 14.5 Å². The minimum Gasteiger partial charge on any atom is -0.381 e. The van der Waals surface area contributed by atoms with Gasteiger partial charge in [0.1, 0.15) is 5.82 Å². The van der Waals surface area contributed by atoms with Crippen LogP contribution in [0.1, 0.15) is 80.9 Å². The van der Waals surface area contributed by atoms with Crippen LogP contribution in [0.5, 0.6) is 0 Å². The zero-order valence-corrected chi connectivity index (χ0v) is 17.9. The molecule has 0 radical (unpaired) electrons. The van der Waals surface area contributed by atoms with E-state index in [9.17, 15) is 9.59 Å². The minimum atomic E-state index is -0.0639. The number of nitrogens with zero attached hydrogens (tertiary/aromatic N) is 3. The van der Waals surface area contributed by atoms with Crippen LogP contribution in [0.2, 0.25) is 0 Å². The first-order valence-electron chi connectivity index (χ1n) is 11.9. The molecule has 7 heteroatoms. The number of amides is 1. The van der Waals surface area contributed by atoms with Crippen molar-refractivity contribution >= 4 is 5.91 Å². The first-order valence-corrected chi connectivity index (χ1v) is 11.9. The first-order chi connectivity index (χ1) is 14.7. The monoisotopic (exact) mass is 414 g/mol. The Morgan fingerprint density at radius 1 is 1.00 bits per heavy atom. The highest BCUT2D eigenvalue weighted by molar-refractivity contribution is 5.79. The molecule has 4 heterocycles. The van der Waals surface area contributed by atoms with Crippen molar-refractivity contribution in [2.45, 2.75) is 82.8 Å². The molecule has 0 aromatic carbocycles. The van der Waals surface area contributed by atoms with Crippen LogP contribution < -0.4 is 5.56 Å². The molecule has 1 aromatic heterocycles. The Kier molecular flexibility index (Phi) is 5.92. The first kappa shape index (κ1) is 20.2. The van der Waals surface area contributed by atoms with Crippen LogP contribution in [0.15, 0.2) is 4.79 Å². The number of hydrogen-bond donors (Lipinski definition) is 1. The Morgan fingerprint density at radius 3 is 2.60 bits per heavy atom. The van der Waals surface area contributed by atoms with Gasteiger partial charge in [0, 0.05) is 51.2 Å². The largest absolute Gasteiger partial charge is 0.381 e. The van der Waals surface area contributed by atoms with E-state index in [1.165, 1.54) is 6.42 Å². The summed E-state index contributed by atoms with van der Waals surface area (Å²) in [6.45, 7) is 4.04. The number of aromatic nitrogens is 2. The van der Waals surface area contributed by atoms with Gasteiger partial charge in [-0.15, -0.1) is 0 Å². The van der Waals surface area contributed by atoms with Gasteiger partial charge < -0.3 is 14.6 Å². The molecule has 1 atom stereocenters. The van der Waals surface area contributed by atoms with E-state index < -0.39 is 0 Å². The van der Waals surface area contributed by atoms with Crippen molar-refractivity contribution in [3.63, 3.8) is 0 Å². The second-order valence-corrected chi connectivity index (χ2v) is 9.47. The van der Waals surface area contributed by atoms with E-state index in [2.05, 4.69) is 9.88 Å². The van der Waals surface area contributed by atoms with E-state index in [0.29, 0.717) is 18.4 Å². The number of likely N-dealkylation sites (tertiary alicyclic amines) is 1. The summed E-state index contributed by atoms with van der Waals surface area (Å²) >= 11 is 0. The molecule has 1 N–H and O–H groups in total. The summed E-state index contributed by atoms with van der Waals surface area (Å²) in [6, 6.07) is 0.440. The van der Waals surface area contributed by atoms with Gasteiger partial charge >= 0.3 is 0 Å². The van der Waals surface area contributed by atoms with Gasteiger partial charge in [0.2, 0.25) is 5.91 Å². The fourth-order valence-electron chi connectivity index (χ4n) is 5.88. The number of rotatable bonds is 3. The van der Waals surface area contributed by atoms with Crippen LogP contribution in [0.4, 0.5) is 0 Å². The number of carbonyl (C=O) groups is 1. The average Bonchev–Trinajstić information content (AvgIpc) is 3.29. The second kappa shape index (κ2) is 8.79. The molecule has 164 valence electrons. The molecule has 7 nitrogen and oxygen atoms in total. The van der Waals surface area contributed by atoms with Gasteiger partial charge in [0.05, 0.1) is 17.3 Å². The highest BCUT2D eigenvalue weighted by Crippen LogP contribution is 2.34. The SMILES string of the molecule is O=C(C1CCCCC1)N1CCCC1c1nc2c(c(=O)[nH]1)CN(C1CCOCC1)CC2. The van der Waals surface area contributed by atoms with Crippen molar-refractivity contribution in [2.24, 2.45) is 5.92 Å². The molecule has 3 fully saturated rings. The van der Waals surface area contributed by atoms with Gasteiger partial charge in [-0.2, -0.15) is 0 Å². The zero-order chi connectivity index (χ0) is 20.5. The van der Waals surface area contributed by atoms with Gasteiger partial charge in [-0.1, -0.05) is 19.3 Å². The standard InChI is InChI=1S/C23H34N4O3/c28-22-18-15-26(17-9-13-30-14-10-17)12-8-19(18)24-21(25-22)20-7-4-11-27(20)23(29)16-5-2-1-3-6-16/h16-17,20H,1-15H2,(H,24,25,28). The lowest BCUT2D eigenvalue weighted by Gasteiger charge is -2.37. The molecule has 5 rings (SSSR count). The molecule has 0 spiro atoms. The van der Waals surface area contributed by atoms with E-state index in [1.807, 2.05) is 4.90 Å². The maximum absolute atomic E-state index is 13.2. The Morgan fingerprint density at radius 2 is 1.80 bits per heavy atom. The van der Waals surface area contributed by atoms with Crippen LogP contribution >= 0.6 is 0 Å². The summed E-state index contributed by atoms with van der Waals surface area (Å²) in [7, 11) is 0. The third-order valence-corrected chi connectivity index (χ3v) is 7.63. The number of H-pyrrole nitrogens is 1. The van der Waals surface area contributed by atoms with E-state index in [4.69, 9.17) is 9.72 Å². The van der Waals surface area contributed by atoms with E-state index in [1.54, 1.807) is 0 Å². The number of fused-ring (bicyclic) bond motifs is 1. The molecule has 1 unspecified atom stereocenters. The van der Waals surface area contributed by atoms with Crippen molar-refractivity contribution in [3.05, 3.63) is 27.4 Å². The average molecular weight is 415 g/mol. The summed E-state index contributed by atoms with van der Waals surface area (Å²) in [5.74, 6) is 1.15. The third-order valence-electron chi connectivity index (χ3n) is 7.63. The van der Waals surface area contributed by atoms with E-state index in [0.717, 1.165) is 95.3 Å². The Bertz CT molecular complexity index is 826. The van der Waals surface area contributed by atoms with Crippen molar-refractivity contribution in [1.29, 1.82) is 0 Å². The summed E-state index contributed by atoms with van der Waals surface area (Å²) in [5.41, 5.74) is 1.75. The molecule has 1 amide bonds. The second-order valence-electron chi connectivity index (χ2n) is 9.47. The third kappa shape index (κ3) is 3.94. The van der Waals surface area contributed by atoms with Gasteiger partial charge in [0.15, 0.2) is 0 Å². The predicted octanol–water partition coefficient (Wildman–Crippen LogP) is 2.55. The fraction of sp³-hybridized carbons (Fsp3) is 0.783. The van der Waals surface area contributed by atoms with E-state index >= 15 is 0 Å². The number of carbonyl (C=O) groups excluding carboxylic acids is 1. The van der Waals surface area contributed by atoms with Gasteiger partial charge in [0.25, 0.3) is 5.56 Å². The van der Waals surface area contributed by atoms with Gasteiger partial charge in [-0.05, 0) is 38.5 Å². The molecular weight excluding hydrogens is 380 g/mol. The van der Waals surface area contributed by atoms with Crippen LogP contribution in [0.25, 0.3) is 0 Å². The van der Waals surface area contributed by atoms with Crippen LogP contribution in [0, 0.1) is 5.92 Å². The van der Waals surface area contributed by atoms with Crippen molar-refractivity contribution < 1.29 is 9.53 Å². The normalized spacial score (nSPS) is 26.7. The van der Waals surface area contributed by atoms with Crippen molar-refractivity contribution in [2.75, 3.05) is 26.3 Å². The van der Waals surface area contributed by atoms with E-state index in [-0.39, 0.29) is 23.4 Å². The maximum Gasteiger partial charge on any atom is 0.255 e. The molecule has 1 aliphatic carbocycles.